The van der Waals surface area contributed by atoms with Gasteiger partial charge in [0, 0.05) is 30.9 Å². The third kappa shape index (κ3) is 4.01. The van der Waals surface area contributed by atoms with Gasteiger partial charge in [-0.3, -0.25) is 4.79 Å². The Morgan fingerprint density at radius 2 is 2.19 bits per heavy atom. The summed E-state index contributed by atoms with van der Waals surface area (Å²) in [6.45, 7) is 6.47. The van der Waals surface area contributed by atoms with Gasteiger partial charge < -0.3 is 9.88 Å². The van der Waals surface area contributed by atoms with Crippen LogP contribution in [0.25, 0.3) is 0 Å². The molecule has 2 aromatic heterocycles. The van der Waals surface area contributed by atoms with E-state index in [1.165, 1.54) is 6.20 Å². The van der Waals surface area contributed by atoms with Crippen LogP contribution in [0.5, 0.6) is 0 Å². The van der Waals surface area contributed by atoms with Gasteiger partial charge in [0.1, 0.15) is 11.5 Å². The van der Waals surface area contributed by atoms with Crippen molar-refractivity contribution in [3.8, 4) is 0 Å². The fourth-order valence-corrected chi connectivity index (χ4v) is 2.04. The second-order valence-corrected chi connectivity index (χ2v) is 5.62. The van der Waals surface area contributed by atoms with E-state index in [1.807, 2.05) is 31.5 Å². The Bertz CT molecular complexity index is 612. The van der Waals surface area contributed by atoms with E-state index < -0.39 is 0 Å². The first-order valence-corrected chi connectivity index (χ1v) is 7.14. The number of hydrogen-bond acceptors (Lipinski definition) is 4. The molecular formula is C14H18ClN5O. The molecule has 1 amide bonds. The fraction of sp³-hybridized carbons (Fsp3) is 0.429. The average Bonchev–Trinajstić information content (AvgIpc) is 2.91. The lowest BCUT2D eigenvalue weighted by Gasteiger charge is -2.15. The largest absolute Gasteiger partial charge is 0.346 e. The molecule has 2 aromatic rings. The second-order valence-electron chi connectivity index (χ2n) is 5.21. The Kier molecular flexibility index (Phi) is 4.90. The van der Waals surface area contributed by atoms with Gasteiger partial charge in [0.15, 0.2) is 0 Å². The first kappa shape index (κ1) is 15.4. The van der Waals surface area contributed by atoms with Crippen molar-refractivity contribution < 1.29 is 4.79 Å². The van der Waals surface area contributed by atoms with Gasteiger partial charge in [0.25, 0.3) is 5.91 Å². The summed E-state index contributed by atoms with van der Waals surface area (Å²) in [5.41, 5.74) is 0.216. The quantitative estimate of drug-likeness (QED) is 0.919. The molecule has 6 nitrogen and oxygen atoms in total. The number of halogens is 1. The van der Waals surface area contributed by atoms with E-state index in [2.05, 4.69) is 20.3 Å². The Hall–Kier alpha value is -1.95. The number of amides is 1. The highest BCUT2D eigenvalue weighted by Crippen LogP contribution is 2.16. The molecule has 112 valence electrons. The fourth-order valence-electron chi connectivity index (χ4n) is 1.87. The van der Waals surface area contributed by atoms with Crippen LogP contribution in [0.15, 0.2) is 24.9 Å². The van der Waals surface area contributed by atoms with E-state index >= 15 is 0 Å². The van der Waals surface area contributed by atoms with Gasteiger partial charge in [-0.1, -0.05) is 25.4 Å². The molecule has 0 saturated carbocycles. The Balaban J connectivity index is 2.07. The van der Waals surface area contributed by atoms with Crippen molar-refractivity contribution in [3.63, 3.8) is 0 Å². The van der Waals surface area contributed by atoms with Crippen LogP contribution in [-0.4, -0.2) is 31.5 Å². The topological polar surface area (TPSA) is 72.7 Å². The van der Waals surface area contributed by atoms with Crippen molar-refractivity contribution in [1.29, 1.82) is 0 Å². The van der Waals surface area contributed by atoms with Crippen LogP contribution >= 0.6 is 11.6 Å². The zero-order valence-electron chi connectivity index (χ0n) is 12.2. The van der Waals surface area contributed by atoms with Gasteiger partial charge in [-0.2, -0.15) is 0 Å². The Morgan fingerprint density at radius 3 is 2.81 bits per heavy atom. The van der Waals surface area contributed by atoms with Gasteiger partial charge in [0.05, 0.1) is 17.5 Å². The number of carbonyl (C=O) groups is 1. The molecule has 0 saturated heterocycles. The molecule has 0 spiro atoms. The minimum absolute atomic E-state index is 0.0692. The molecule has 1 atom stereocenters. The predicted octanol–water partition coefficient (Wildman–Crippen LogP) is 2.27. The van der Waals surface area contributed by atoms with Crippen LogP contribution in [0.2, 0.25) is 5.02 Å². The van der Waals surface area contributed by atoms with Gasteiger partial charge >= 0.3 is 0 Å². The zero-order valence-corrected chi connectivity index (χ0v) is 13.0. The molecule has 21 heavy (non-hydrogen) atoms. The van der Waals surface area contributed by atoms with E-state index in [0.29, 0.717) is 12.4 Å². The van der Waals surface area contributed by atoms with Crippen molar-refractivity contribution in [3.05, 3.63) is 41.5 Å². The lowest BCUT2D eigenvalue weighted by Crippen LogP contribution is -2.36. The normalized spacial score (nSPS) is 12.4. The molecule has 0 aliphatic rings. The number of carbonyl (C=O) groups excluding carboxylic acids is 1. The third-order valence-corrected chi connectivity index (χ3v) is 3.19. The maximum Gasteiger partial charge on any atom is 0.271 e. The molecule has 0 aliphatic heterocycles. The lowest BCUT2D eigenvalue weighted by molar-refractivity contribution is 0.0931. The summed E-state index contributed by atoms with van der Waals surface area (Å²) < 4.78 is 1.89. The van der Waals surface area contributed by atoms with Crippen LogP contribution in [0.3, 0.4) is 0 Å². The van der Waals surface area contributed by atoms with Crippen molar-refractivity contribution in [1.82, 2.24) is 24.8 Å². The Morgan fingerprint density at radius 1 is 1.43 bits per heavy atom. The number of imidazole rings is 1. The van der Waals surface area contributed by atoms with Crippen molar-refractivity contribution in [2.24, 2.45) is 0 Å². The molecular weight excluding hydrogens is 290 g/mol. The van der Waals surface area contributed by atoms with Crippen LogP contribution in [0.1, 0.15) is 43.0 Å². The summed E-state index contributed by atoms with van der Waals surface area (Å²) in [4.78, 5) is 24.6. The maximum atomic E-state index is 12.3. The highest BCUT2D eigenvalue weighted by Gasteiger charge is 2.17. The summed E-state index contributed by atoms with van der Waals surface area (Å²) in [5.74, 6) is 0.445. The lowest BCUT2D eigenvalue weighted by atomic mass is 10.2. The molecule has 2 heterocycles. The van der Waals surface area contributed by atoms with E-state index in [0.717, 1.165) is 0 Å². The summed E-state index contributed by atoms with van der Waals surface area (Å²) in [6.07, 6.45) is 6.72. The molecule has 1 N–H and O–H groups in total. The summed E-state index contributed by atoms with van der Waals surface area (Å²) in [5, 5.41) is 3.14. The standard InChI is InChI=1S/C14H18ClN5O/c1-9(2)13-17-6-11(15)12(19-13)14(21)18-10(3)7-20-5-4-16-8-20/h4-6,8-10H,7H2,1-3H3,(H,18,21). The first-order chi connectivity index (χ1) is 9.97. The number of rotatable bonds is 5. The molecule has 0 aromatic carbocycles. The molecule has 1 unspecified atom stereocenters. The van der Waals surface area contributed by atoms with E-state index in [9.17, 15) is 4.79 Å². The van der Waals surface area contributed by atoms with Gasteiger partial charge in [-0.15, -0.1) is 0 Å². The Labute approximate surface area is 128 Å². The van der Waals surface area contributed by atoms with Crippen molar-refractivity contribution in [2.45, 2.75) is 39.3 Å². The maximum absolute atomic E-state index is 12.3. The highest BCUT2D eigenvalue weighted by atomic mass is 35.5. The number of nitrogens with one attached hydrogen (secondary N) is 1. The monoisotopic (exact) mass is 307 g/mol. The molecule has 0 fully saturated rings. The smallest absolute Gasteiger partial charge is 0.271 e. The first-order valence-electron chi connectivity index (χ1n) is 6.76. The van der Waals surface area contributed by atoms with Gasteiger partial charge in [-0.05, 0) is 6.92 Å². The van der Waals surface area contributed by atoms with Crippen LogP contribution in [0.4, 0.5) is 0 Å². The molecule has 0 radical (unpaired) electrons. The van der Waals surface area contributed by atoms with Crippen LogP contribution in [-0.2, 0) is 6.54 Å². The average molecular weight is 308 g/mol. The summed E-state index contributed by atoms with van der Waals surface area (Å²) in [7, 11) is 0. The SMILES string of the molecule is CC(Cn1ccnc1)NC(=O)c1nc(C(C)C)ncc1Cl. The minimum Gasteiger partial charge on any atom is -0.346 e. The van der Waals surface area contributed by atoms with E-state index in [1.54, 1.807) is 12.5 Å². The minimum atomic E-state index is -0.295. The van der Waals surface area contributed by atoms with Crippen LogP contribution in [0, 0.1) is 0 Å². The van der Waals surface area contributed by atoms with Crippen LogP contribution < -0.4 is 5.32 Å². The van der Waals surface area contributed by atoms with E-state index in [-0.39, 0.29) is 28.6 Å². The second kappa shape index (κ2) is 6.67. The van der Waals surface area contributed by atoms with Crippen molar-refractivity contribution >= 4 is 17.5 Å². The predicted molar refractivity (Wildman–Crippen MR) is 80.3 cm³/mol. The third-order valence-electron chi connectivity index (χ3n) is 2.92. The summed E-state index contributed by atoms with van der Waals surface area (Å²) >= 11 is 6.02. The number of aromatic nitrogens is 4. The molecule has 0 aliphatic carbocycles. The highest BCUT2D eigenvalue weighted by molar-refractivity contribution is 6.33. The molecule has 2 rings (SSSR count). The van der Waals surface area contributed by atoms with Crippen molar-refractivity contribution in [2.75, 3.05) is 0 Å². The molecule has 7 heteroatoms. The molecule has 0 bridgehead atoms. The van der Waals surface area contributed by atoms with Gasteiger partial charge in [0.2, 0.25) is 0 Å². The summed E-state index contributed by atoms with van der Waals surface area (Å²) in [6, 6.07) is -0.0692. The number of hydrogen-bond donors (Lipinski definition) is 1. The van der Waals surface area contributed by atoms with E-state index in [4.69, 9.17) is 11.6 Å². The number of nitrogens with zero attached hydrogens (tertiary/aromatic N) is 4. The zero-order chi connectivity index (χ0) is 15.4. The van der Waals surface area contributed by atoms with Gasteiger partial charge in [-0.25, -0.2) is 15.0 Å².